The van der Waals surface area contributed by atoms with Gasteiger partial charge in [-0.25, -0.2) is 0 Å². The van der Waals surface area contributed by atoms with E-state index in [1.54, 1.807) is 0 Å². The van der Waals surface area contributed by atoms with Crippen LogP contribution >= 0.6 is 0 Å². The summed E-state index contributed by atoms with van der Waals surface area (Å²) in [5, 5.41) is 9.52. The number of hydrogen-bond donors (Lipinski definition) is 1. The van der Waals surface area contributed by atoms with Crippen molar-refractivity contribution in [2.75, 3.05) is 6.61 Å². The first-order valence-corrected chi connectivity index (χ1v) is 7.78. The number of aliphatic hydroxyl groups is 1. The lowest BCUT2D eigenvalue weighted by Crippen LogP contribution is -2.32. The summed E-state index contributed by atoms with van der Waals surface area (Å²) in [6.45, 7) is -0.212. The fraction of sp³-hybridized carbons (Fsp3) is 0.588. The van der Waals surface area contributed by atoms with Crippen LogP contribution in [0.5, 0.6) is 0 Å². The molecule has 1 N–H and O–H groups in total. The number of esters is 1. The van der Waals surface area contributed by atoms with Gasteiger partial charge in [-0.2, -0.15) is 0 Å². The van der Waals surface area contributed by atoms with E-state index in [1.807, 2.05) is 30.3 Å². The van der Waals surface area contributed by atoms with Gasteiger partial charge in [0, 0.05) is 0 Å². The van der Waals surface area contributed by atoms with Gasteiger partial charge in [0.2, 0.25) is 0 Å². The Bertz CT molecular complexity index is 513. The zero-order valence-corrected chi connectivity index (χ0v) is 11.9. The molecule has 0 aromatic heterocycles. The summed E-state index contributed by atoms with van der Waals surface area (Å²) >= 11 is 0. The van der Waals surface area contributed by atoms with Gasteiger partial charge in [0.05, 0.1) is 18.8 Å². The van der Waals surface area contributed by atoms with Gasteiger partial charge in [-0.1, -0.05) is 30.3 Å². The first-order chi connectivity index (χ1) is 10.3. The molecule has 0 radical (unpaired) electrons. The van der Waals surface area contributed by atoms with Gasteiger partial charge in [0.15, 0.2) is 0 Å². The van der Waals surface area contributed by atoms with Gasteiger partial charge >= 0.3 is 5.97 Å². The maximum atomic E-state index is 12.4. The molecule has 0 spiro atoms. The van der Waals surface area contributed by atoms with Crippen LogP contribution in [0.15, 0.2) is 30.3 Å². The van der Waals surface area contributed by atoms with Crippen LogP contribution in [0.3, 0.4) is 0 Å². The van der Waals surface area contributed by atoms with E-state index in [2.05, 4.69) is 0 Å². The standard InChI is InChI=1S/C17H20O4/c18-9-14(10-4-2-1-3-5-10)17(19)20-13-7-11-6-12(8-13)16-15(11)21-16/h1-5,11-16,18H,6-9H2/t11-,12+,13?,14-,15?,16?/m1/s1. The largest absolute Gasteiger partial charge is 0.462 e. The third-order valence-electron chi connectivity index (χ3n) is 5.18. The van der Waals surface area contributed by atoms with Crippen molar-refractivity contribution in [1.82, 2.24) is 0 Å². The number of fused-ring (bicyclic) bond motifs is 5. The van der Waals surface area contributed by atoms with E-state index < -0.39 is 5.92 Å². The molecule has 3 fully saturated rings. The predicted octanol–water partition coefficient (Wildman–Crippen LogP) is 1.87. The van der Waals surface area contributed by atoms with Crippen LogP contribution in [0, 0.1) is 11.8 Å². The number of hydrogen-bond acceptors (Lipinski definition) is 4. The SMILES string of the molecule is O=C(OC1C[C@@H]2C[C@H](C1)C1OC12)[C@H](CO)c1ccccc1. The summed E-state index contributed by atoms with van der Waals surface area (Å²) in [5.74, 6) is 0.257. The molecule has 3 aliphatic rings. The van der Waals surface area contributed by atoms with E-state index in [4.69, 9.17) is 9.47 Å². The predicted molar refractivity (Wildman–Crippen MR) is 75.6 cm³/mol. The zero-order valence-electron chi connectivity index (χ0n) is 11.9. The molecule has 112 valence electrons. The zero-order chi connectivity index (χ0) is 14.4. The van der Waals surface area contributed by atoms with Crippen LogP contribution in [0.4, 0.5) is 0 Å². The monoisotopic (exact) mass is 288 g/mol. The lowest BCUT2D eigenvalue weighted by molar-refractivity contribution is -0.155. The molecule has 1 aliphatic heterocycles. The Hall–Kier alpha value is -1.39. The first kappa shape index (κ1) is 13.3. The highest BCUT2D eigenvalue weighted by molar-refractivity contribution is 5.78. The van der Waals surface area contributed by atoms with E-state index >= 15 is 0 Å². The molecule has 2 saturated carbocycles. The lowest BCUT2D eigenvalue weighted by atomic mass is 9.85. The Morgan fingerprint density at radius 1 is 1.19 bits per heavy atom. The molecular formula is C17H20O4. The Balaban J connectivity index is 1.41. The maximum absolute atomic E-state index is 12.4. The minimum Gasteiger partial charge on any atom is -0.462 e. The molecule has 6 atom stereocenters. The number of carbonyl (C=O) groups is 1. The number of rotatable bonds is 4. The van der Waals surface area contributed by atoms with Gasteiger partial charge in [0.1, 0.15) is 12.0 Å². The van der Waals surface area contributed by atoms with Crippen molar-refractivity contribution in [3.8, 4) is 0 Å². The Morgan fingerprint density at radius 3 is 2.48 bits per heavy atom. The molecule has 1 heterocycles. The molecule has 1 aromatic rings. The minimum atomic E-state index is -0.573. The van der Waals surface area contributed by atoms with Crippen molar-refractivity contribution in [2.24, 2.45) is 11.8 Å². The third-order valence-corrected chi connectivity index (χ3v) is 5.18. The van der Waals surface area contributed by atoms with E-state index in [9.17, 15) is 9.90 Å². The second-order valence-electron chi connectivity index (χ2n) is 6.50. The Kier molecular flexibility index (Phi) is 3.23. The van der Waals surface area contributed by atoms with E-state index in [1.165, 1.54) is 6.42 Å². The molecule has 4 heteroatoms. The Labute approximate surface area is 124 Å². The molecule has 3 unspecified atom stereocenters. The molecule has 2 bridgehead atoms. The summed E-state index contributed by atoms with van der Waals surface area (Å²) in [5.41, 5.74) is 0.815. The Morgan fingerprint density at radius 2 is 1.86 bits per heavy atom. The van der Waals surface area contributed by atoms with Gasteiger partial charge < -0.3 is 14.6 Å². The summed E-state index contributed by atoms with van der Waals surface area (Å²) in [6, 6.07) is 9.35. The lowest BCUT2D eigenvalue weighted by Gasteiger charge is -2.30. The molecule has 21 heavy (non-hydrogen) atoms. The maximum Gasteiger partial charge on any atom is 0.316 e. The average Bonchev–Trinajstić information content (AvgIpc) is 3.25. The van der Waals surface area contributed by atoms with Crippen LogP contribution < -0.4 is 0 Å². The van der Waals surface area contributed by atoms with Gasteiger partial charge in [-0.3, -0.25) is 4.79 Å². The van der Waals surface area contributed by atoms with Crippen molar-refractivity contribution in [2.45, 2.75) is 43.5 Å². The van der Waals surface area contributed by atoms with Gasteiger partial charge in [0.25, 0.3) is 0 Å². The van der Waals surface area contributed by atoms with Crippen molar-refractivity contribution in [3.63, 3.8) is 0 Å². The van der Waals surface area contributed by atoms with Crippen molar-refractivity contribution >= 4 is 5.97 Å². The van der Waals surface area contributed by atoms with Crippen molar-refractivity contribution < 1.29 is 19.4 Å². The second kappa shape index (κ2) is 5.11. The quantitative estimate of drug-likeness (QED) is 0.679. The summed E-state index contributed by atoms with van der Waals surface area (Å²) in [7, 11) is 0. The van der Waals surface area contributed by atoms with Gasteiger partial charge in [-0.15, -0.1) is 0 Å². The van der Waals surface area contributed by atoms with E-state index in [0.717, 1.165) is 18.4 Å². The van der Waals surface area contributed by atoms with Gasteiger partial charge in [-0.05, 0) is 36.7 Å². The third kappa shape index (κ3) is 2.36. The summed E-state index contributed by atoms with van der Waals surface area (Å²) in [6.07, 6.45) is 3.91. The first-order valence-electron chi connectivity index (χ1n) is 7.78. The molecule has 4 rings (SSSR count). The summed E-state index contributed by atoms with van der Waals surface area (Å²) in [4.78, 5) is 12.4. The highest BCUT2D eigenvalue weighted by atomic mass is 16.6. The van der Waals surface area contributed by atoms with Crippen LogP contribution in [-0.4, -0.2) is 36.0 Å². The van der Waals surface area contributed by atoms with Crippen LogP contribution in [0.2, 0.25) is 0 Å². The number of carbonyl (C=O) groups excluding carboxylic acids is 1. The normalized spacial score (nSPS) is 37.7. The molecule has 1 aromatic carbocycles. The van der Waals surface area contributed by atoms with Crippen LogP contribution in [0.25, 0.3) is 0 Å². The van der Waals surface area contributed by atoms with Crippen molar-refractivity contribution in [3.05, 3.63) is 35.9 Å². The minimum absolute atomic E-state index is 0.00425. The highest BCUT2D eigenvalue weighted by Crippen LogP contribution is 2.54. The van der Waals surface area contributed by atoms with E-state index in [-0.39, 0.29) is 18.7 Å². The average molecular weight is 288 g/mol. The highest BCUT2D eigenvalue weighted by Gasteiger charge is 2.59. The number of epoxide rings is 1. The molecule has 2 aliphatic carbocycles. The number of benzene rings is 1. The van der Waals surface area contributed by atoms with E-state index in [0.29, 0.717) is 24.0 Å². The molecular weight excluding hydrogens is 268 g/mol. The fourth-order valence-corrected chi connectivity index (χ4v) is 4.13. The number of ether oxygens (including phenoxy) is 2. The summed E-state index contributed by atoms with van der Waals surface area (Å²) < 4.78 is 11.3. The molecule has 0 amide bonds. The number of aliphatic hydroxyl groups excluding tert-OH is 1. The molecule has 4 nitrogen and oxygen atoms in total. The smallest absolute Gasteiger partial charge is 0.316 e. The fourth-order valence-electron chi connectivity index (χ4n) is 4.13. The van der Waals surface area contributed by atoms with Crippen LogP contribution in [0.1, 0.15) is 30.7 Å². The topological polar surface area (TPSA) is 59.1 Å². The molecule has 1 saturated heterocycles. The van der Waals surface area contributed by atoms with Crippen molar-refractivity contribution in [1.29, 1.82) is 0 Å². The second-order valence-corrected chi connectivity index (χ2v) is 6.50. The van der Waals surface area contributed by atoms with Crippen LogP contribution in [-0.2, 0) is 14.3 Å².